The lowest BCUT2D eigenvalue weighted by atomic mass is 9.66. The molecule has 0 bridgehead atoms. The van der Waals surface area contributed by atoms with Gasteiger partial charge in [0.15, 0.2) is 11.5 Å². The van der Waals surface area contributed by atoms with Gasteiger partial charge in [-0.05, 0) is 57.0 Å². The topological polar surface area (TPSA) is 21.7 Å². The number of hydrogen-bond acceptors (Lipinski definition) is 5. The highest BCUT2D eigenvalue weighted by molar-refractivity contribution is 8.21. The molecule has 4 rings (SSSR count). The second-order valence-electron chi connectivity index (χ2n) is 7.28. The van der Waals surface area contributed by atoms with E-state index in [9.17, 15) is 0 Å². The normalized spacial score (nSPS) is 32.0. The van der Waals surface area contributed by atoms with Crippen LogP contribution in [0.15, 0.2) is 18.2 Å². The Morgan fingerprint density at radius 1 is 1.04 bits per heavy atom. The van der Waals surface area contributed by atoms with E-state index in [4.69, 9.17) is 9.47 Å². The molecule has 2 atom stereocenters. The Labute approximate surface area is 153 Å². The SMILES string of the molecule is COc1ccc(C23CCN(C)C2CC2(CC3)SCCS2)cc1OC. The van der Waals surface area contributed by atoms with Crippen LogP contribution in [0, 0.1) is 0 Å². The maximum Gasteiger partial charge on any atom is 0.161 e. The van der Waals surface area contributed by atoms with Crippen molar-refractivity contribution in [3.63, 3.8) is 0 Å². The monoisotopic (exact) mass is 365 g/mol. The maximum atomic E-state index is 5.59. The van der Waals surface area contributed by atoms with Gasteiger partial charge in [0.1, 0.15) is 0 Å². The summed E-state index contributed by atoms with van der Waals surface area (Å²) in [6.45, 7) is 1.20. The van der Waals surface area contributed by atoms with Crippen LogP contribution in [0.3, 0.4) is 0 Å². The molecule has 3 aliphatic rings. The van der Waals surface area contributed by atoms with Gasteiger partial charge in [0, 0.05) is 23.0 Å². The molecule has 2 unspecified atom stereocenters. The molecule has 0 amide bonds. The van der Waals surface area contributed by atoms with Crippen LogP contribution in [0.4, 0.5) is 0 Å². The molecule has 2 aliphatic heterocycles. The summed E-state index contributed by atoms with van der Waals surface area (Å²) in [6.07, 6.45) is 5.20. The molecule has 2 saturated heterocycles. The third kappa shape index (κ3) is 2.55. The predicted molar refractivity (Wildman–Crippen MR) is 104 cm³/mol. The van der Waals surface area contributed by atoms with Gasteiger partial charge in [-0.1, -0.05) is 6.07 Å². The highest BCUT2D eigenvalue weighted by atomic mass is 32.2. The molecule has 2 heterocycles. The van der Waals surface area contributed by atoms with Crippen molar-refractivity contribution in [2.75, 3.05) is 39.3 Å². The third-order valence-electron chi connectivity index (χ3n) is 6.31. The Balaban J connectivity index is 1.70. The van der Waals surface area contributed by atoms with Crippen LogP contribution >= 0.6 is 23.5 Å². The van der Waals surface area contributed by atoms with E-state index in [0.29, 0.717) is 10.1 Å². The Morgan fingerprint density at radius 3 is 2.50 bits per heavy atom. The minimum atomic E-state index is 0.281. The zero-order chi connectivity index (χ0) is 16.8. The molecule has 0 radical (unpaired) electrons. The number of thioether (sulfide) groups is 2. The molecule has 1 saturated carbocycles. The number of fused-ring (bicyclic) bond motifs is 1. The first kappa shape index (κ1) is 16.9. The van der Waals surface area contributed by atoms with Crippen molar-refractivity contribution in [1.82, 2.24) is 4.90 Å². The van der Waals surface area contributed by atoms with Crippen molar-refractivity contribution < 1.29 is 9.47 Å². The number of methoxy groups -OCH3 is 2. The fraction of sp³-hybridized carbons (Fsp3) is 0.684. The van der Waals surface area contributed by atoms with Crippen molar-refractivity contribution in [2.24, 2.45) is 0 Å². The van der Waals surface area contributed by atoms with Gasteiger partial charge in [-0.25, -0.2) is 0 Å². The van der Waals surface area contributed by atoms with Gasteiger partial charge in [0.05, 0.1) is 18.3 Å². The van der Waals surface area contributed by atoms with Gasteiger partial charge >= 0.3 is 0 Å². The minimum absolute atomic E-state index is 0.281. The molecule has 1 aromatic rings. The van der Waals surface area contributed by atoms with Gasteiger partial charge in [0.2, 0.25) is 0 Å². The molecule has 5 heteroatoms. The number of benzene rings is 1. The third-order valence-corrected chi connectivity index (χ3v) is 9.88. The van der Waals surface area contributed by atoms with E-state index in [1.54, 1.807) is 14.2 Å². The van der Waals surface area contributed by atoms with Gasteiger partial charge in [-0.3, -0.25) is 0 Å². The lowest BCUT2D eigenvalue weighted by Crippen LogP contribution is -2.49. The summed E-state index contributed by atoms with van der Waals surface area (Å²) in [7, 11) is 5.76. The summed E-state index contributed by atoms with van der Waals surface area (Å²) in [5, 5.41) is 0. The smallest absolute Gasteiger partial charge is 0.161 e. The van der Waals surface area contributed by atoms with E-state index in [0.717, 1.165) is 11.5 Å². The first-order chi connectivity index (χ1) is 11.6. The molecular formula is C19H27NO2S2. The van der Waals surface area contributed by atoms with E-state index in [1.807, 2.05) is 0 Å². The standard InChI is InChI=1S/C19H27NO2S2/c1-20-9-8-18(14-4-5-15(21-2)16(12-14)22-3)6-7-19(13-17(18)20)23-10-11-24-19/h4-5,12,17H,6-11,13H2,1-3H3. The van der Waals surface area contributed by atoms with Crippen LogP contribution in [-0.2, 0) is 5.41 Å². The number of ether oxygens (including phenoxy) is 2. The summed E-state index contributed by atoms with van der Waals surface area (Å²) < 4.78 is 11.5. The van der Waals surface area contributed by atoms with Gasteiger partial charge in [0.25, 0.3) is 0 Å². The highest BCUT2D eigenvalue weighted by Crippen LogP contribution is 2.60. The van der Waals surface area contributed by atoms with Crippen LogP contribution in [0.2, 0.25) is 0 Å². The van der Waals surface area contributed by atoms with Crippen molar-refractivity contribution in [3.8, 4) is 11.5 Å². The molecule has 0 N–H and O–H groups in total. The molecule has 1 aliphatic carbocycles. The zero-order valence-corrected chi connectivity index (χ0v) is 16.5. The van der Waals surface area contributed by atoms with E-state index in [-0.39, 0.29) is 5.41 Å². The molecular weight excluding hydrogens is 338 g/mol. The lowest BCUT2D eigenvalue weighted by Gasteiger charge is -2.48. The first-order valence-corrected chi connectivity index (χ1v) is 10.8. The second-order valence-corrected chi connectivity index (χ2v) is 10.5. The number of rotatable bonds is 3. The Bertz CT molecular complexity index is 617. The van der Waals surface area contributed by atoms with E-state index >= 15 is 0 Å². The van der Waals surface area contributed by atoms with Gasteiger partial charge in [-0.15, -0.1) is 23.5 Å². The number of hydrogen-bond donors (Lipinski definition) is 0. The number of likely N-dealkylation sites (tertiary alicyclic amines) is 1. The first-order valence-electron chi connectivity index (χ1n) is 8.83. The van der Waals surface area contributed by atoms with Crippen molar-refractivity contribution in [1.29, 1.82) is 0 Å². The van der Waals surface area contributed by atoms with E-state index < -0.39 is 0 Å². The van der Waals surface area contributed by atoms with Crippen LogP contribution in [-0.4, -0.2) is 54.3 Å². The quantitative estimate of drug-likeness (QED) is 0.805. The molecule has 3 nitrogen and oxygen atoms in total. The molecule has 1 aromatic carbocycles. The van der Waals surface area contributed by atoms with Crippen molar-refractivity contribution in [2.45, 2.75) is 41.2 Å². The molecule has 3 fully saturated rings. The van der Waals surface area contributed by atoms with Crippen molar-refractivity contribution in [3.05, 3.63) is 23.8 Å². The fourth-order valence-corrected chi connectivity index (χ4v) is 8.25. The predicted octanol–water partition coefficient (Wildman–Crippen LogP) is 4.01. The van der Waals surface area contributed by atoms with Crippen LogP contribution in [0.5, 0.6) is 11.5 Å². The summed E-state index contributed by atoms with van der Waals surface area (Å²) in [5.41, 5.74) is 1.72. The van der Waals surface area contributed by atoms with Crippen LogP contribution in [0.1, 0.15) is 31.2 Å². The second kappa shape index (κ2) is 6.33. The van der Waals surface area contributed by atoms with E-state index in [2.05, 4.69) is 53.7 Å². The largest absolute Gasteiger partial charge is 0.493 e. The highest BCUT2D eigenvalue weighted by Gasteiger charge is 2.55. The lowest BCUT2D eigenvalue weighted by molar-refractivity contribution is 0.179. The molecule has 24 heavy (non-hydrogen) atoms. The fourth-order valence-electron chi connectivity index (χ4n) is 4.96. The Kier molecular flexibility index (Phi) is 4.46. The summed E-state index contributed by atoms with van der Waals surface area (Å²) in [5.74, 6) is 4.34. The van der Waals surface area contributed by atoms with Gasteiger partial charge in [-0.2, -0.15) is 0 Å². The summed E-state index contributed by atoms with van der Waals surface area (Å²) in [4.78, 5) is 2.61. The maximum absolute atomic E-state index is 5.59. The average Bonchev–Trinajstić information content (AvgIpc) is 3.21. The molecule has 132 valence electrons. The molecule has 1 spiro atoms. The van der Waals surface area contributed by atoms with Crippen LogP contribution < -0.4 is 9.47 Å². The zero-order valence-electron chi connectivity index (χ0n) is 14.8. The van der Waals surface area contributed by atoms with Crippen LogP contribution in [0.25, 0.3) is 0 Å². The number of nitrogens with zero attached hydrogens (tertiary/aromatic N) is 1. The molecule has 0 aromatic heterocycles. The Morgan fingerprint density at radius 2 is 1.79 bits per heavy atom. The summed E-state index contributed by atoms with van der Waals surface area (Å²) >= 11 is 4.43. The van der Waals surface area contributed by atoms with Gasteiger partial charge < -0.3 is 14.4 Å². The minimum Gasteiger partial charge on any atom is -0.493 e. The average molecular weight is 366 g/mol. The number of likely N-dealkylation sites (N-methyl/N-ethyl adjacent to an activating group) is 1. The Hall–Kier alpha value is -0.520. The summed E-state index contributed by atoms with van der Waals surface area (Å²) in [6, 6.07) is 7.24. The van der Waals surface area contributed by atoms with Crippen molar-refractivity contribution >= 4 is 23.5 Å². The van der Waals surface area contributed by atoms with E-state index in [1.165, 1.54) is 49.3 Å².